The summed E-state index contributed by atoms with van der Waals surface area (Å²) in [4.78, 5) is 24.6. The van der Waals surface area contributed by atoms with Crippen LogP contribution in [0.1, 0.15) is 43.6 Å². The molecule has 0 saturated carbocycles. The summed E-state index contributed by atoms with van der Waals surface area (Å²) in [6.07, 6.45) is -0.923. The van der Waals surface area contributed by atoms with E-state index in [-0.39, 0.29) is 18.1 Å². The van der Waals surface area contributed by atoms with Gasteiger partial charge in [-0.1, -0.05) is 41.9 Å². The Bertz CT molecular complexity index is 814. The summed E-state index contributed by atoms with van der Waals surface area (Å²) in [7, 11) is 0. The second-order valence-corrected chi connectivity index (χ2v) is 7.57. The molecule has 5 nitrogen and oxygen atoms in total. The van der Waals surface area contributed by atoms with E-state index in [9.17, 15) is 9.59 Å². The minimum absolute atomic E-state index is 0.212. The van der Waals surface area contributed by atoms with Crippen molar-refractivity contribution in [2.24, 2.45) is 0 Å². The minimum Gasteiger partial charge on any atom is -0.488 e. The second kappa shape index (κ2) is 8.91. The number of amides is 1. The molecule has 2 aromatic carbocycles. The number of carbonyl (C=O) groups is 2. The van der Waals surface area contributed by atoms with Crippen molar-refractivity contribution in [3.8, 4) is 5.75 Å². The van der Waals surface area contributed by atoms with Crippen LogP contribution in [0.4, 0.5) is 0 Å². The zero-order valence-electron chi connectivity index (χ0n) is 15.9. The highest BCUT2D eigenvalue weighted by atomic mass is 35.5. The number of hydrogen-bond acceptors (Lipinski definition) is 4. The van der Waals surface area contributed by atoms with Gasteiger partial charge in [-0.25, -0.2) is 4.79 Å². The molecule has 1 N–H and O–H groups in total. The molecule has 0 aliphatic carbocycles. The maximum absolute atomic E-state index is 12.5. The predicted octanol–water partition coefficient (Wildman–Crippen LogP) is 4.38. The third-order valence-electron chi connectivity index (χ3n) is 3.60. The zero-order valence-corrected chi connectivity index (χ0v) is 16.7. The molecule has 0 heterocycles. The highest BCUT2D eigenvalue weighted by Crippen LogP contribution is 2.23. The van der Waals surface area contributed by atoms with E-state index in [1.807, 2.05) is 39.0 Å². The third kappa shape index (κ3) is 6.29. The maximum atomic E-state index is 12.5. The lowest BCUT2D eigenvalue weighted by molar-refractivity contribution is -0.130. The molecule has 144 valence electrons. The van der Waals surface area contributed by atoms with Crippen molar-refractivity contribution < 1.29 is 19.1 Å². The number of para-hydroxylation sites is 1. The molecule has 0 spiro atoms. The molecule has 0 fully saturated rings. The molecule has 6 heteroatoms. The van der Waals surface area contributed by atoms with E-state index >= 15 is 0 Å². The molecule has 0 aliphatic rings. The lowest BCUT2D eigenvalue weighted by Crippen LogP contribution is -2.46. The molecule has 0 aromatic heterocycles. The first-order valence-electron chi connectivity index (χ1n) is 8.65. The lowest BCUT2D eigenvalue weighted by atomic mass is 10.1. The van der Waals surface area contributed by atoms with Crippen molar-refractivity contribution in [3.05, 3.63) is 64.7 Å². The van der Waals surface area contributed by atoms with Crippen LogP contribution in [0, 0.1) is 0 Å². The van der Waals surface area contributed by atoms with Gasteiger partial charge in [-0.3, -0.25) is 4.79 Å². The van der Waals surface area contributed by atoms with Crippen molar-refractivity contribution >= 4 is 23.5 Å². The minimum atomic E-state index is -0.923. The number of benzene rings is 2. The Hall–Kier alpha value is -2.53. The standard InChI is InChI=1S/C21H24ClNO4/c1-14(19(24)23-21(2,3)4)27-20(25)16-10-6-8-12-18(16)26-13-15-9-5-7-11-17(15)22/h5-12,14H,13H2,1-4H3,(H,23,24). The fourth-order valence-corrected chi connectivity index (χ4v) is 2.47. The number of rotatable bonds is 6. The van der Waals surface area contributed by atoms with Crippen molar-refractivity contribution in [2.45, 2.75) is 45.9 Å². The fraction of sp³-hybridized carbons (Fsp3) is 0.333. The van der Waals surface area contributed by atoms with Crippen LogP contribution in [0.3, 0.4) is 0 Å². The van der Waals surface area contributed by atoms with E-state index in [0.717, 1.165) is 5.56 Å². The number of ether oxygens (including phenoxy) is 2. The molecule has 27 heavy (non-hydrogen) atoms. The van der Waals surface area contributed by atoms with Gasteiger partial charge in [-0.05, 0) is 45.9 Å². The van der Waals surface area contributed by atoms with Gasteiger partial charge in [-0.2, -0.15) is 0 Å². The quantitative estimate of drug-likeness (QED) is 0.744. The van der Waals surface area contributed by atoms with Crippen molar-refractivity contribution in [1.82, 2.24) is 5.32 Å². The molecule has 0 aliphatic heterocycles. The first-order chi connectivity index (χ1) is 12.7. The van der Waals surface area contributed by atoms with Crippen LogP contribution in [0.15, 0.2) is 48.5 Å². The first kappa shape index (κ1) is 20.8. The summed E-state index contributed by atoms with van der Waals surface area (Å²) in [5, 5.41) is 3.37. The number of nitrogens with one attached hydrogen (secondary N) is 1. The van der Waals surface area contributed by atoms with Crippen molar-refractivity contribution in [2.75, 3.05) is 0 Å². The van der Waals surface area contributed by atoms with E-state index in [2.05, 4.69) is 5.32 Å². The first-order valence-corrected chi connectivity index (χ1v) is 9.03. The van der Waals surface area contributed by atoms with Gasteiger partial charge in [0.2, 0.25) is 0 Å². The van der Waals surface area contributed by atoms with Gasteiger partial charge >= 0.3 is 5.97 Å². The lowest BCUT2D eigenvalue weighted by Gasteiger charge is -2.23. The van der Waals surface area contributed by atoms with Gasteiger partial charge < -0.3 is 14.8 Å². The summed E-state index contributed by atoms with van der Waals surface area (Å²) in [6.45, 7) is 7.32. The van der Waals surface area contributed by atoms with Gasteiger partial charge in [0.15, 0.2) is 6.10 Å². The van der Waals surface area contributed by atoms with E-state index in [1.54, 1.807) is 30.3 Å². The van der Waals surface area contributed by atoms with E-state index in [4.69, 9.17) is 21.1 Å². The highest BCUT2D eigenvalue weighted by molar-refractivity contribution is 6.31. The Kier molecular flexibility index (Phi) is 6.86. The van der Waals surface area contributed by atoms with E-state index < -0.39 is 17.6 Å². The largest absolute Gasteiger partial charge is 0.488 e. The Morgan fingerprint density at radius 2 is 1.70 bits per heavy atom. The maximum Gasteiger partial charge on any atom is 0.342 e. The highest BCUT2D eigenvalue weighted by Gasteiger charge is 2.24. The summed E-state index contributed by atoms with van der Waals surface area (Å²) in [5.74, 6) is -0.613. The molecule has 2 rings (SSSR count). The normalized spacial score (nSPS) is 12.2. The van der Waals surface area contributed by atoms with Gasteiger partial charge in [-0.15, -0.1) is 0 Å². The molecule has 0 radical (unpaired) electrons. The van der Waals surface area contributed by atoms with Crippen molar-refractivity contribution in [1.29, 1.82) is 0 Å². The molecule has 2 aromatic rings. The Labute approximate surface area is 164 Å². The Morgan fingerprint density at radius 3 is 2.37 bits per heavy atom. The van der Waals surface area contributed by atoms with Crippen LogP contribution in [0.25, 0.3) is 0 Å². The summed E-state index contributed by atoms with van der Waals surface area (Å²) < 4.78 is 11.1. The Balaban J connectivity index is 2.06. The summed E-state index contributed by atoms with van der Waals surface area (Å²) in [5.41, 5.74) is 0.647. The summed E-state index contributed by atoms with van der Waals surface area (Å²) >= 11 is 6.13. The van der Waals surface area contributed by atoms with Crippen LogP contribution in [-0.4, -0.2) is 23.5 Å². The van der Waals surface area contributed by atoms with Crippen molar-refractivity contribution in [3.63, 3.8) is 0 Å². The number of halogens is 1. The molecule has 0 bridgehead atoms. The van der Waals surface area contributed by atoms with Gasteiger partial charge in [0, 0.05) is 16.1 Å². The van der Waals surface area contributed by atoms with E-state index in [0.29, 0.717) is 10.8 Å². The SMILES string of the molecule is CC(OC(=O)c1ccccc1OCc1ccccc1Cl)C(=O)NC(C)(C)C. The average molecular weight is 390 g/mol. The molecule has 0 saturated heterocycles. The molecular weight excluding hydrogens is 366 g/mol. The third-order valence-corrected chi connectivity index (χ3v) is 3.97. The smallest absolute Gasteiger partial charge is 0.342 e. The van der Waals surface area contributed by atoms with Crippen LogP contribution in [0.2, 0.25) is 5.02 Å². The average Bonchev–Trinajstić information content (AvgIpc) is 2.59. The van der Waals surface area contributed by atoms with Crippen LogP contribution in [0.5, 0.6) is 5.75 Å². The van der Waals surface area contributed by atoms with Gasteiger partial charge in [0.05, 0.1) is 0 Å². The summed E-state index contributed by atoms with van der Waals surface area (Å²) in [6, 6.07) is 14.1. The van der Waals surface area contributed by atoms with Gasteiger partial charge in [0.1, 0.15) is 17.9 Å². The number of esters is 1. The second-order valence-electron chi connectivity index (χ2n) is 7.16. The molecular formula is C21H24ClNO4. The predicted molar refractivity (Wildman–Crippen MR) is 105 cm³/mol. The number of hydrogen-bond donors (Lipinski definition) is 1. The Morgan fingerprint density at radius 1 is 1.07 bits per heavy atom. The van der Waals surface area contributed by atoms with Crippen LogP contribution < -0.4 is 10.1 Å². The molecule has 1 unspecified atom stereocenters. The topological polar surface area (TPSA) is 64.6 Å². The zero-order chi connectivity index (χ0) is 20.0. The molecule has 1 atom stereocenters. The van der Waals surface area contributed by atoms with Crippen LogP contribution in [-0.2, 0) is 16.1 Å². The monoisotopic (exact) mass is 389 g/mol. The fourth-order valence-electron chi connectivity index (χ4n) is 2.28. The number of carbonyl (C=O) groups excluding carboxylic acids is 2. The van der Waals surface area contributed by atoms with Gasteiger partial charge in [0.25, 0.3) is 5.91 Å². The van der Waals surface area contributed by atoms with E-state index in [1.165, 1.54) is 6.92 Å². The molecule has 1 amide bonds. The van der Waals surface area contributed by atoms with Crippen LogP contribution >= 0.6 is 11.6 Å².